The topological polar surface area (TPSA) is 87.3 Å². The van der Waals surface area contributed by atoms with Gasteiger partial charge in [-0.25, -0.2) is 4.98 Å². The average molecular weight is 449 g/mol. The second-order valence-electron chi connectivity index (χ2n) is 9.22. The van der Waals surface area contributed by atoms with E-state index in [1.807, 2.05) is 63.2 Å². The molecule has 2 amide bonds. The molecule has 0 bridgehead atoms. The van der Waals surface area contributed by atoms with Gasteiger partial charge in [-0.3, -0.25) is 9.59 Å². The first kappa shape index (κ1) is 22.8. The van der Waals surface area contributed by atoms with Crippen LogP contribution in [0.3, 0.4) is 0 Å². The molecule has 1 fully saturated rings. The molecule has 2 heterocycles. The molecule has 0 spiro atoms. The maximum atomic E-state index is 13.2. The first-order valence-electron chi connectivity index (χ1n) is 11.6. The highest BCUT2D eigenvalue weighted by Gasteiger charge is 2.39. The Morgan fingerprint density at radius 3 is 2.76 bits per heavy atom. The zero-order valence-electron chi connectivity index (χ0n) is 19.6. The molecule has 0 aliphatic carbocycles. The number of aromatic amines is 1. The highest BCUT2D eigenvalue weighted by atomic mass is 16.5. The summed E-state index contributed by atoms with van der Waals surface area (Å²) in [6, 6.07) is 13.5. The molecule has 2 N–H and O–H groups in total. The van der Waals surface area contributed by atoms with Gasteiger partial charge in [-0.05, 0) is 70.4 Å². The van der Waals surface area contributed by atoms with Crippen molar-refractivity contribution in [1.29, 1.82) is 0 Å². The number of piperidine rings is 1. The average Bonchev–Trinajstić information content (AvgIpc) is 3.18. The van der Waals surface area contributed by atoms with Gasteiger partial charge in [-0.15, -0.1) is 0 Å². The van der Waals surface area contributed by atoms with Gasteiger partial charge < -0.3 is 19.9 Å². The minimum atomic E-state index is -0.597. The van der Waals surface area contributed by atoms with Crippen molar-refractivity contribution in [1.82, 2.24) is 20.2 Å². The van der Waals surface area contributed by atoms with Crippen LogP contribution in [-0.4, -0.2) is 52.9 Å². The maximum absolute atomic E-state index is 13.2. The fourth-order valence-corrected chi connectivity index (χ4v) is 4.36. The van der Waals surface area contributed by atoms with E-state index in [0.717, 1.165) is 41.9 Å². The highest BCUT2D eigenvalue weighted by Crippen LogP contribution is 2.31. The van der Waals surface area contributed by atoms with Crippen LogP contribution in [0.5, 0.6) is 5.75 Å². The quantitative estimate of drug-likeness (QED) is 0.535. The molecule has 3 aromatic rings. The number of amides is 2. The fraction of sp³-hybridized carbons (Fsp3) is 0.423. The number of carbonyl (C=O) groups excluding carboxylic acids is 2. The number of aryl methyl sites for hydroxylation is 2. The Morgan fingerprint density at radius 2 is 1.97 bits per heavy atom. The van der Waals surface area contributed by atoms with Gasteiger partial charge >= 0.3 is 0 Å². The lowest BCUT2D eigenvalue weighted by atomic mass is 9.80. The summed E-state index contributed by atoms with van der Waals surface area (Å²) < 4.78 is 5.73. The first-order valence-corrected chi connectivity index (χ1v) is 11.6. The van der Waals surface area contributed by atoms with Crippen molar-refractivity contribution in [3.63, 3.8) is 0 Å². The van der Waals surface area contributed by atoms with Crippen molar-refractivity contribution >= 4 is 22.8 Å². The number of aromatic nitrogens is 2. The van der Waals surface area contributed by atoms with E-state index in [0.29, 0.717) is 31.8 Å². The van der Waals surface area contributed by atoms with Crippen LogP contribution in [0.1, 0.15) is 47.9 Å². The number of likely N-dealkylation sites (tertiary alicyclic amines) is 1. The number of benzene rings is 2. The summed E-state index contributed by atoms with van der Waals surface area (Å²) in [5.74, 6) is 1.61. The number of hydrogen-bond acceptors (Lipinski definition) is 4. The number of fused-ring (bicyclic) bond motifs is 1. The van der Waals surface area contributed by atoms with Crippen LogP contribution in [0.15, 0.2) is 42.5 Å². The fourth-order valence-electron chi connectivity index (χ4n) is 4.36. The molecule has 174 valence electrons. The predicted octanol–water partition coefficient (Wildman–Crippen LogP) is 4.01. The van der Waals surface area contributed by atoms with E-state index in [2.05, 4.69) is 15.3 Å². The second-order valence-corrected chi connectivity index (χ2v) is 9.22. The highest BCUT2D eigenvalue weighted by molar-refractivity contribution is 5.98. The number of imidazole rings is 1. The normalized spacial score (nSPS) is 18.3. The molecule has 1 aromatic heterocycles. The molecule has 1 aliphatic rings. The summed E-state index contributed by atoms with van der Waals surface area (Å²) in [6.45, 7) is 8.05. The number of ether oxygens (including phenoxy) is 1. The lowest BCUT2D eigenvalue weighted by Gasteiger charge is -2.39. The largest absolute Gasteiger partial charge is 0.494 e. The first-order chi connectivity index (χ1) is 15.8. The van der Waals surface area contributed by atoms with Gasteiger partial charge in [0, 0.05) is 25.2 Å². The number of carbonyl (C=O) groups is 2. The van der Waals surface area contributed by atoms with Gasteiger partial charge in [0.1, 0.15) is 11.6 Å². The molecule has 4 rings (SSSR count). The molecule has 1 atom stereocenters. The maximum Gasteiger partial charge on any atom is 0.253 e. The molecular formula is C26H32N4O3. The van der Waals surface area contributed by atoms with Crippen molar-refractivity contribution < 1.29 is 14.3 Å². The van der Waals surface area contributed by atoms with Gasteiger partial charge in [-0.1, -0.05) is 17.7 Å². The number of nitrogens with one attached hydrogen (secondary N) is 2. The summed E-state index contributed by atoms with van der Waals surface area (Å²) >= 11 is 0. The lowest BCUT2D eigenvalue weighted by Crippen LogP contribution is -2.52. The van der Waals surface area contributed by atoms with Crippen molar-refractivity contribution in [2.75, 3.05) is 26.2 Å². The SMILES string of the molecule is Cc1ccc(OCCCNC(=O)C2(C)CCCN(C(=O)c3ccc4nc(C)[nH]c4c3)C2)cc1. The summed E-state index contributed by atoms with van der Waals surface area (Å²) in [6.07, 6.45) is 2.29. The third-order valence-corrected chi connectivity index (χ3v) is 6.28. The zero-order chi connectivity index (χ0) is 23.4. The Balaban J connectivity index is 1.29. The third kappa shape index (κ3) is 5.35. The molecule has 1 aliphatic heterocycles. The molecule has 1 saturated heterocycles. The Hall–Kier alpha value is -3.35. The van der Waals surface area contributed by atoms with Gasteiger partial charge in [0.25, 0.3) is 5.91 Å². The molecule has 0 saturated carbocycles. The van der Waals surface area contributed by atoms with E-state index in [9.17, 15) is 9.59 Å². The molecule has 0 radical (unpaired) electrons. The van der Waals surface area contributed by atoms with Crippen LogP contribution < -0.4 is 10.1 Å². The summed E-state index contributed by atoms with van der Waals surface area (Å²) in [5.41, 5.74) is 2.91. The third-order valence-electron chi connectivity index (χ3n) is 6.28. The molecule has 2 aromatic carbocycles. The van der Waals surface area contributed by atoms with Crippen molar-refractivity contribution in [2.24, 2.45) is 5.41 Å². The number of rotatable bonds is 7. The number of nitrogens with zero attached hydrogens (tertiary/aromatic N) is 2. The van der Waals surface area contributed by atoms with Crippen molar-refractivity contribution in [2.45, 2.75) is 40.0 Å². The standard InChI is InChI=1S/C26H32N4O3/c1-18-6-9-21(10-7-18)33-15-5-13-27-25(32)26(3)12-4-14-30(17-26)24(31)20-8-11-22-23(16-20)29-19(2)28-22/h6-11,16H,4-5,12-15,17H2,1-3H3,(H,27,32)(H,28,29). The predicted molar refractivity (Wildman–Crippen MR) is 128 cm³/mol. The van der Waals surface area contributed by atoms with Crippen LogP contribution in [-0.2, 0) is 4.79 Å². The smallest absolute Gasteiger partial charge is 0.253 e. The van der Waals surface area contributed by atoms with Gasteiger partial charge in [-0.2, -0.15) is 0 Å². The van der Waals surface area contributed by atoms with Crippen LogP contribution >= 0.6 is 0 Å². The summed E-state index contributed by atoms with van der Waals surface area (Å²) in [5, 5.41) is 3.04. The Bertz CT molecular complexity index is 1140. The monoisotopic (exact) mass is 448 g/mol. The minimum Gasteiger partial charge on any atom is -0.494 e. The van der Waals surface area contributed by atoms with Gasteiger partial charge in [0.15, 0.2) is 0 Å². The van der Waals surface area contributed by atoms with E-state index in [1.165, 1.54) is 5.56 Å². The van der Waals surface area contributed by atoms with E-state index in [4.69, 9.17) is 4.74 Å². The molecule has 7 heteroatoms. The van der Waals surface area contributed by atoms with Gasteiger partial charge in [0.05, 0.1) is 23.1 Å². The second kappa shape index (κ2) is 9.65. The molecule has 7 nitrogen and oxygen atoms in total. The molecule has 33 heavy (non-hydrogen) atoms. The lowest BCUT2D eigenvalue weighted by molar-refractivity contribution is -0.132. The summed E-state index contributed by atoms with van der Waals surface area (Å²) in [4.78, 5) is 35.5. The van der Waals surface area contributed by atoms with Crippen molar-refractivity contribution in [3.05, 3.63) is 59.4 Å². The minimum absolute atomic E-state index is 0.00465. The van der Waals surface area contributed by atoms with Crippen LogP contribution in [0.4, 0.5) is 0 Å². The molecule has 1 unspecified atom stereocenters. The number of hydrogen-bond donors (Lipinski definition) is 2. The Kier molecular flexibility index (Phi) is 6.67. The van der Waals surface area contributed by atoms with Crippen molar-refractivity contribution in [3.8, 4) is 5.75 Å². The van der Waals surface area contributed by atoms with E-state index in [1.54, 1.807) is 4.90 Å². The van der Waals surface area contributed by atoms with Crippen LogP contribution in [0, 0.1) is 19.3 Å². The van der Waals surface area contributed by atoms with Gasteiger partial charge in [0.2, 0.25) is 5.91 Å². The Labute approximate surface area is 194 Å². The molecular weight excluding hydrogens is 416 g/mol. The van der Waals surface area contributed by atoms with Crippen LogP contribution in [0.25, 0.3) is 11.0 Å². The van der Waals surface area contributed by atoms with E-state index in [-0.39, 0.29) is 11.8 Å². The van der Waals surface area contributed by atoms with E-state index < -0.39 is 5.41 Å². The Morgan fingerprint density at radius 1 is 1.18 bits per heavy atom. The summed E-state index contributed by atoms with van der Waals surface area (Å²) in [7, 11) is 0. The van der Waals surface area contributed by atoms with E-state index >= 15 is 0 Å². The number of H-pyrrole nitrogens is 1. The van der Waals surface area contributed by atoms with Crippen LogP contribution in [0.2, 0.25) is 0 Å². The zero-order valence-corrected chi connectivity index (χ0v) is 19.6.